The van der Waals surface area contributed by atoms with Crippen LogP contribution in [-0.2, 0) is 0 Å². The molecule has 1 aliphatic heterocycles. The molecule has 0 aliphatic carbocycles. The van der Waals surface area contributed by atoms with Gasteiger partial charge in [-0.05, 0) is 43.0 Å². The molecule has 0 spiro atoms. The summed E-state index contributed by atoms with van der Waals surface area (Å²) in [4.78, 5) is 23.9. The molecule has 0 saturated heterocycles. The fourth-order valence-electron chi connectivity index (χ4n) is 3.64. The first-order valence-corrected chi connectivity index (χ1v) is 9.52. The second kappa shape index (κ2) is 6.73. The molecule has 5 rings (SSSR count). The molecule has 1 aliphatic rings. The Morgan fingerprint density at radius 2 is 2.00 bits per heavy atom. The standard InChI is InChI=1S/C21H18ClN5O/c22-12-7-8-15-14(10-12)19(24-13-4-3-9-23-11-13)18(21(28)27-15)20-25-16-5-1-2-6-17(16)26-20/h1-3,5-10,13,23H,4,11H2,(H,25,26)(H2,24,27,28)/t13-/m0/s1. The Balaban J connectivity index is 1.76. The number of rotatable bonds is 3. The van der Waals surface area contributed by atoms with Gasteiger partial charge in [-0.2, -0.15) is 0 Å². The number of nitrogens with one attached hydrogen (secondary N) is 4. The van der Waals surface area contributed by atoms with E-state index in [1.165, 1.54) is 0 Å². The summed E-state index contributed by atoms with van der Waals surface area (Å²) in [5.41, 5.74) is 3.46. The summed E-state index contributed by atoms with van der Waals surface area (Å²) < 4.78 is 0. The molecule has 0 amide bonds. The predicted octanol–water partition coefficient (Wildman–Crippen LogP) is 4.01. The van der Waals surface area contributed by atoms with E-state index in [9.17, 15) is 4.79 Å². The van der Waals surface area contributed by atoms with Crippen LogP contribution in [0.2, 0.25) is 5.02 Å². The van der Waals surface area contributed by atoms with Crippen LogP contribution in [0.3, 0.4) is 0 Å². The van der Waals surface area contributed by atoms with Gasteiger partial charge in [0.25, 0.3) is 5.56 Å². The van der Waals surface area contributed by atoms with Crippen molar-refractivity contribution >= 4 is 39.2 Å². The Kier molecular flexibility index (Phi) is 4.06. The summed E-state index contributed by atoms with van der Waals surface area (Å²) in [5.74, 6) is 0.533. The van der Waals surface area contributed by atoms with Crippen molar-refractivity contribution in [1.82, 2.24) is 20.3 Å². The van der Waals surface area contributed by atoms with Gasteiger partial charge < -0.3 is 20.6 Å². The van der Waals surface area contributed by atoms with Crippen molar-refractivity contribution < 1.29 is 0 Å². The lowest BCUT2D eigenvalue weighted by molar-refractivity contribution is 0.651. The van der Waals surface area contributed by atoms with Crippen molar-refractivity contribution in [2.75, 3.05) is 11.9 Å². The number of hydrogen-bond acceptors (Lipinski definition) is 4. The Bertz CT molecular complexity index is 1240. The van der Waals surface area contributed by atoms with E-state index in [0.29, 0.717) is 16.4 Å². The number of para-hydroxylation sites is 2. The highest BCUT2D eigenvalue weighted by Gasteiger charge is 2.21. The Morgan fingerprint density at radius 3 is 2.82 bits per heavy atom. The number of anilines is 1. The third kappa shape index (κ3) is 2.92. The number of aromatic amines is 2. The minimum atomic E-state index is -0.198. The Morgan fingerprint density at radius 1 is 1.11 bits per heavy atom. The average molecular weight is 392 g/mol. The van der Waals surface area contributed by atoms with Crippen molar-refractivity contribution in [2.45, 2.75) is 12.5 Å². The zero-order chi connectivity index (χ0) is 19.1. The summed E-state index contributed by atoms with van der Waals surface area (Å²) in [5, 5.41) is 8.25. The molecule has 0 saturated carbocycles. The summed E-state index contributed by atoms with van der Waals surface area (Å²) in [7, 11) is 0. The monoisotopic (exact) mass is 391 g/mol. The van der Waals surface area contributed by atoms with Crippen LogP contribution in [0, 0.1) is 0 Å². The van der Waals surface area contributed by atoms with Crippen molar-refractivity contribution in [3.8, 4) is 11.4 Å². The molecule has 1 atom stereocenters. The molecule has 0 bridgehead atoms. The molecule has 2 aromatic carbocycles. The second-order valence-corrected chi connectivity index (χ2v) is 7.32. The molecular formula is C21H18ClN5O. The van der Waals surface area contributed by atoms with Crippen molar-refractivity contribution in [3.05, 3.63) is 70.1 Å². The summed E-state index contributed by atoms with van der Waals surface area (Å²) in [6, 6.07) is 13.3. The van der Waals surface area contributed by atoms with Gasteiger partial charge in [-0.3, -0.25) is 4.79 Å². The quantitative estimate of drug-likeness (QED) is 0.425. The van der Waals surface area contributed by atoms with Crippen molar-refractivity contribution in [3.63, 3.8) is 0 Å². The normalized spacial score (nSPS) is 16.4. The largest absolute Gasteiger partial charge is 0.389 e. The number of nitrogens with zero attached hydrogens (tertiary/aromatic N) is 1. The van der Waals surface area contributed by atoms with E-state index in [1.807, 2.05) is 42.6 Å². The van der Waals surface area contributed by atoms with Crippen molar-refractivity contribution in [1.29, 1.82) is 0 Å². The number of pyridine rings is 1. The van der Waals surface area contributed by atoms with Gasteiger partial charge in [0.2, 0.25) is 0 Å². The third-order valence-electron chi connectivity index (χ3n) is 4.97. The molecule has 6 nitrogen and oxygen atoms in total. The van der Waals surface area contributed by atoms with Gasteiger partial charge in [0, 0.05) is 23.0 Å². The van der Waals surface area contributed by atoms with Gasteiger partial charge in [-0.15, -0.1) is 0 Å². The average Bonchev–Trinajstić information content (AvgIpc) is 3.13. The number of benzene rings is 2. The predicted molar refractivity (Wildman–Crippen MR) is 114 cm³/mol. The summed E-state index contributed by atoms with van der Waals surface area (Å²) in [6.07, 6.45) is 4.89. The molecule has 140 valence electrons. The number of imidazole rings is 1. The van der Waals surface area contributed by atoms with E-state index >= 15 is 0 Å². The zero-order valence-electron chi connectivity index (χ0n) is 14.9. The number of H-pyrrole nitrogens is 2. The molecular weight excluding hydrogens is 374 g/mol. The van der Waals surface area contributed by atoms with Crippen LogP contribution in [-0.4, -0.2) is 27.5 Å². The maximum absolute atomic E-state index is 13.0. The fraction of sp³-hybridized carbons (Fsp3) is 0.143. The van der Waals surface area contributed by atoms with E-state index in [4.69, 9.17) is 11.6 Å². The molecule has 3 heterocycles. The number of fused-ring (bicyclic) bond motifs is 2. The number of aromatic nitrogens is 3. The third-order valence-corrected chi connectivity index (χ3v) is 5.21. The number of hydrogen-bond donors (Lipinski definition) is 4. The highest BCUT2D eigenvalue weighted by Crippen LogP contribution is 2.33. The van der Waals surface area contributed by atoms with Crippen molar-refractivity contribution in [2.24, 2.45) is 0 Å². The lowest BCUT2D eigenvalue weighted by Gasteiger charge is -2.24. The van der Waals surface area contributed by atoms with Crippen LogP contribution < -0.4 is 16.2 Å². The van der Waals surface area contributed by atoms with E-state index in [2.05, 4.69) is 31.7 Å². The molecule has 28 heavy (non-hydrogen) atoms. The Hall–Kier alpha value is -3.25. The van der Waals surface area contributed by atoms with Gasteiger partial charge in [-0.1, -0.05) is 29.8 Å². The molecule has 2 aromatic heterocycles. The minimum absolute atomic E-state index is 0.150. The van der Waals surface area contributed by atoms with Gasteiger partial charge in [0.15, 0.2) is 0 Å². The van der Waals surface area contributed by atoms with Crippen LogP contribution >= 0.6 is 11.6 Å². The van der Waals surface area contributed by atoms with Gasteiger partial charge in [-0.25, -0.2) is 4.98 Å². The minimum Gasteiger partial charge on any atom is -0.389 e. The van der Waals surface area contributed by atoms with E-state index in [1.54, 1.807) is 6.07 Å². The first-order chi connectivity index (χ1) is 13.7. The van der Waals surface area contributed by atoms with Crippen LogP contribution in [0.15, 0.2) is 59.5 Å². The maximum Gasteiger partial charge on any atom is 0.261 e. The Labute approximate surface area is 165 Å². The lowest BCUT2D eigenvalue weighted by atomic mass is 10.1. The van der Waals surface area contributed by atoms with Gasteiger partial charge in [0.05, 0.1) is 22.2 Å². The molecule has 4 N–H and O–H groups in total. The summed E-state index contributed by atoms with van der Waals surface area (Å²) in [6.45, 7) is 0.769. The van der Waals surface area contributed by atoms with E-state index < -0.39 is 0 Å². The first kappa shape index (κ1) is 16.9. The van der Waals surface area contributed by atoms with E-state index in [0.717, 1.165) is 40.6 Å². The van der Waals surface area contributed by atoms with Crippen LogP contribution in [0.1, 0.15) is 6.42 Å². The topological polar surface area (TPSA) is 85.6 Å². The highest BCUT2D eigenvalue weighted by atomic mass is 35.5. The first-order valence-electron chi connectivity index (χ1n) is 9.14. The summed E-state index contributed by atoms with van der Waals surface area (Å²) >= 11 is 6.27. The van der Waals surface area contributed by atoms with Crippen LogP contribution in [0.25, 0.3) is 33.3 Å². The second-order valence-electron chi connectivity index (χ2n) is 6.88. The molecule has 0 radical (unpaired) electrons. The van der Waals surface area contributed by atoms with Gasteiger partial charge >= 0.3 is 0 Å². The van der Waals surface area contributed by atoms with Crippen LogP contribution in [0.5, 0.6) is 0 Å². The molecule has 7 heteroatoms. The highest BCUT2D eigenvalue weighted by molar-refractivity contribution is 6.31. The van der Waals surface area contributed by atoms with Gasteiger partial charge in [0.1, 0.15) is 11.4 Å². The number of halogens is 1. The smallest absolute Gasteiger partial charge is 0.261 e. The fourth-order valence-corrected chi connectivity index (χ4v) is 3.81. The van der Waals surface area contributed by atoms with E-state index in [-0.39, 0.29) is 11.6 Å². The zero-order valence-corrected chi connectivity index (χ0v) is 15.7. The maximum atomic E-state index is 13.0. The SMILES string of the molecule is O=c1[nH]c2ccc(Cl)cc2c(N[C@H]2CC=CNC2)c1-c1nc2ccccc2[nH]1. The molecule has 0 unspecified atom stereocenters. The molecule has 0 fully saturated rings. The van der Waals surface area contributed by atoms with Crippen LogP contribution in [0.4, 0.5) is 5.69 Å². The lowest BCUT2D eigenvalue weighted by Crippen LogP contribution is -2.33. The molecule has 4 aromatic rings.